The lowest BCUT2D eigenvalue weighted by atomic mass is 10.0. The summed E-state index contributed by atoms with van der Waals surface area (Å²) in [5, 5.41) is 8.53. The molecule has 102 valence electrons. The molecular weight excluding hydrogens is 222 g/mol. The number of carbonyl (C=O) groups is 1. The van der Waals surface area contributed by atoms with Crippen LogP contribution >= 0.6 is 0 Å². The Morgan fingerprint density at radius 3 is 2.12 bits per heavy atom. The van der Waals surface area contributed by atoms with Crippen LogP contribution in [0.2, 0.25) is 0 Å². The van der Waals surface area contributed by atoms with E-state index in [1.54, 1.807) is 0 Å². The quantitative estimate of drug-likeness (QED) is 0.643. The van der Waals surface area contributed by atoms with Crippen molar-refractivity contribution < 1.29 is 19.4 Å². The van der Waals surface area contributed by atoms with Gasteiger partial charge in [-0.1, -0.05) is 0 Å². The fourth-order valence-electron chi connectivity index (χ4n) is 1.32. The smallest absolute Gasteiger partial charge is 0.329 e. The molecule has 17 heavy (non-hydrogen) atoms. The van der Waals surface area contributed by atoms with Crippen molar-refractivity contribution in [3.8, 4) is 0 Å². The fourth-order valence-corrected chi connectivity index (χ4v) is 1.32. The van der Waals surface area contributed by atoms with Gasteiger partial charge >= 0.3 is 5.97 Å². The fraction of sp³-hybridized carbons (Fsp3) is 0.917. The molecule has 5 nitrogen and oxygen atoms in total. The van der Waals surface area contributed by atoms with E-state index in [-0.39, 0.29) is 12.2 Å². The van der Waals surface area contributed by atoms with Crippen LogP contribution in [0.1, 0.15) is 40.5 Å². The molecule has 0 fully saturated rings. The van der Waals surface area contributed by atoms with Crippen LogP contribution in [0.25, 0.3) is 0 Å². The second kappa shape index (κ2) is 6.93. The van der Waals surface area contributed by atoms with Gasteiger partial charge in [0, 0.05) is 0 Å². The number of ether oxygens (including phenoxy) is 2. The highest BCUT2D eigenvalue weighted by Crippen LogP contribution is 2.18. The number of hydrogen-bond donors (Lipinski definition) is 2. The zero-order chi connectivity index (χ0) is 13.5. The number of aliphatic carboxylic acids is 1. The topological polar surface area (TPSA) is 81.8 Å². The normalized spacial score (nSPS) is 12.8. The maximum atomic E-state index is 10.4. The molecule has 0 aromatic rings. The van der Waals surface area contributed by atoms with Gasteiger partial charge in [-0.3, -0.25) is 0 Å². The molecule has 0 aliphatic carbocycles. The number of carboxylic acid groups (broad SMARTS) is 1. The summed E-state index contributed by atoms with van der Waals surface area (Å²) in [6.45, 7) is 8.53. The predicted octanol–water partition coefficient (Wildman–Crippen LogP) is 1.40. The lowest BCUT2D eigenvalue weighted by Gasteiger charge is -2.29. The van der Waals surface area contributed by atoms with E-state index in [4.69, 9.17) is 20.3 Å². The van der Waals surface area contributed by atoms with Crippen LogP contribution in [0.4, 0.5) is 0 Å². The molecular formula is C12H25NO4. The van der Waals surface area contributed by atoms with Gasteiger partial charge in [-0.05, 0) is 47.1 Å². The molecule has 0 bridgehead atoms. The van der Waals surface area contributed by atoms with E-state index in [1.807, 2.05) is 27.7 Å². The van der Waals surface area contributed by atoms with Crippen molar-refractivity contribution in [2.45, 2.75) is 51.7 Å². The number of hydrogen-bond acceptors (Lipinski definition) is 4. The maximum Gasteiger partial charge on any atom is 0.329 e. The second-order valence-corrected chi connectivity index (χ2v) is 5.34. The van der Waals surface area contributed by atoms with Crippen molar-refractivity contribution in [1.29, 1.82) is 0 Å². The van der Waals surface area contributed by atoms with Gasteiger partial charge in [0.15, 0.2) is 0 Å². The monoisotopic (exact) mass is 247 g/mol. The SMILES string of the molecule is CC(C)(CCN)OCCC(C)(C)OCC(=O)O. The van der Waals surface area contributed by atoms with Gasteiger partial charge in [-0.2, -0.15) is 0 Å². The van der Waals surface area contributed by atoms with Crippen molar-refractivity contribution in [1.82, 2.24) is 0 Å². The Morgan fingerprint density at radius 1 is 1.12 bits per heavy atom. The van der Waals surface area contributed by atoms with Gasteiger partial charge in [0.05, 0.1) is 17.8 Å². The van der Waals surface area contributed by atoms with Crippen LogP contribution < -0.4 is 5.73 Å². The zero-order valence-corrected chi connectivity index (χ0v) is 11.3. The molecule has 5 heteroatoms. The third kappa shape index (κ3) is 9.09. The number of rotatable bonds is 9. The molecule has 3 N–H and O–H groups in total. The Labute approximate surface area is 103 Å². The third-order valence-electron chi connectivity index (χ3n) is 2.53. The van der Waals surface area contributed by atoms with E-state index in [0.29, 0.717) is 19.6 Å². The lowest BCUT2D eigenvalue weighted by Crippen LogP contribution is -2.33. The molecule has 0 aliphatic rings. The van der Waals surface area contributed by atoms with E-state index in [1.165, 1.54) is 0 Å². The molecule has 0 amide bonds. The predicted molar refractivity (Wildman–Crippen MR) is 66.0 cm³/mol. The Balaban J connectivity index is 3.89. The van der Waals surface area contributed by atoms with Gasteiger partial charge in [0.25, 0.3) is 0 Å². The van der Waals surface area contributed by atoms with Crippen LogP contribution in [0.3, 0.4) is 0 Å². The summed E-state index contributed by atoms with van der Waals surface area (Å²) < 4.78 is 11.0. The third-order valence-corrected chi connectivity index (χ3v) is 2.53. The Bertz CT molecular complexity index is 239. The van der Waals surface area contributed by atoms with Crippen molar-refractivity contribution in [2.75, 3.05) is 19.8 Å². The van der Waals surface area contributed by atoms with E-state index in [0.717, 1.165) is 6.42 Å². The second-order valence-electron chi connectivity index (χ2n) is 5.34. The molecule has 0 saturated heterocycles. The molecule has 0 aromatic carbocycles. The molecule has 0 atom stereocenters. The van der Waals surface area contributed by atoms with Crippen molar-refractivity contribution >= 4 is 5.97 Å². The largest absolute Gasteiger partial charge is 0.480 e. The summed E-state index contributed by atoms with van der Waals surface area (Å²) in [4.78, 5) is 10.4. The lowest BCUT2D eigenvalue weighted by molar-refractivity contribution is -0.150. The number of nitrogens with two attached hydrogens (primary N) is 1. The molecule has 0 spiro atoms. The summed E-state index contributed by atoms with van der Waals surface area (Å²) in [5.74, 6) is -0.956. The van der Waals surface area contributed by atoms with Crippen LogP contribution in [-0.2, 0) is 14.3 Å². The van der Waals surface area contributed by atoms with Crippen LogP contribution in [0.5, 0.6) is 0 Å². The average molecular weight is 247 g/mol. The first-order valence-electron chi connectivity index (χ1n) is 5.88. The molecule has 0 aliphatic heterocycles. The number of carboxylic acids is 1. The summed E-state index contributed by atoms with van der Waals surface area (Å²) in [5.41, 5.74) is 4.76. The van der Waals surface area contributed by atoms with E-state index >= 15 is 0 Å². The van der Waals surface area contributed by atoms with E-state index in [2.05, 4.69) is 0 Å². The van der Waals surface area contributed by atoms with Gasteiger partial charge in [0.1, 0.15) is 6.61 Å². The Hall–Kier alpha value is -0.650. The first kappa shape index (κ1) is 16.4. The van der Waals surface area contributed by atoms with Gasteiger partial charge in [-0.25, -0.2) is 4.79 Å². The van der Waals surface area contributed by atoms with Gasteiger partial charge in [0.2, 0.25) is 0 Å². The van der Waals surface area contributed by atoms with Gasteiger partial charge < -0.3 is 20.3 Å². The average Bonchev–Trinajstić information content (AvgIpc) is 2.14. The summed E-state index contributed by atoms with van der Waals surface area (Å²) >= 11 is 0. The summed E-state index contributed by atoms with van der Waals surface area (Å²) in [6.07, 6.45) is 1.44. The highest BCUT2D eigenvalue weighted by Gasteiger charge is 2.22. The highest BCUT2D eigenvalue weighted by atomic mass is 16.5. The molecule has 0 heterocycles. The standard InChI is InChI=1S/C12H25NO4/c1-11(2,5-7-13)16-8-6-12(3,4)17-9-10(14)15/h5-9,13H2,1-4H3,(H,14,15). The van der Waals surface area contributed by atoms with E-state index in [9.17, 15) is 4.79 Å². The van der Waals surface area contributed by atoms with Crippen LogP contribution in [0, 0.1) is 0 Å². The zero-order valence-electron chi connectivity index (χ0n) is 11.3. The maximum absolute atomic E-state index is 10.4. The minimum Gasteiger partial charge on any atom is -0.480 e. The first-order valence-corrected chi connectivity index (χ1v) is 5.88. The Kier molecular flexibility index (Phi) is 6.67. The van der Waals surface area contributed by atoms with Crippen molar-refractivity contribution in [3.05, 3.63) is 0 Å². The minimum absolute atomic E-state index is 0.238. The van der Waals surface area contributed by atoms with Crippen molar-refractivity contribution in [3.63, 3.8) is 0 Å². The molecule has 0 saturated carbocycles. The molecule has 0 aromatic heterocycles. The Morgan fingerprint density at radius 2 is 1.65 bits per heavy atom. The molecule has 0 radical (unpaired) electrons. The van der Waals surface area contributed by atoms with E-state index < -0.39 is 11.6 Å². The minimum atomic E-state index is -0.956. The molecule has 0 unspecified atom stereocenters. The van der Waals surface area contributed by atoms with Crippen LogP contribution in [0.15, 0.2) is 0 Å². The first-order chi connectivity index (χ1) is 7.68. The molecule has 0 rings (SSSR count). The summed E-state index contributed by atoms with van der Waals surface area (Å²) in [6, 6.07) is 0. The highest BCUT2D eigenvalue weighted by molar-refractivity contribution is 5.68. The van der Waals surface area contributed by atoms with Crippen molar-refractivity contribution in [2.24, 2.45) is 5.73 Å². The van der Waals surface area contributed by atoms with Crippen LogP contribution in [-0.4, -0.2) is 42.0 Å². The van der Waals surface area contributed by atoms with Gasteiger partial charge in [-0.15, -0.1) is 0 Å². The summed E-state index contributed by atoms with van der Waals surface area (Å²) in [7, 11) is 0.